The molecule has 1 unspecified atom stereocenters. The van der Waals surface area contributed by atoms with Crippen LogP contribution in [0.15, 0.2) is 12.1 Å². The van der Waals surface area contributed by atoms with Gasteiger partial charge in [0.05, 0.1) is 4.92 Å². The van der Waals surface area contributed by atoms with E-state index in [2.05, 4.69) is 10.2 Å². The Bertz CT molecular complexity index is 503. The van der Waals surface area contributed by atoms with Gasteiger partial charge in [0, 0.05) is 51.2 Å². The fourth-order valence-corrected chi connectivity index (χ4v) is 3.07. The molecule has 1 fully saturated rings. The molecule has 1 aliphatic rings. The third-order valence-electron chi connectivity index (χ3n) is 3.27. The monoisotopic (exact) mass is 298 g/mol. The van der Waals surface area contributed by atoms with Crippen LogP contribution in [0.1, 0.15) is 4.88 Å². The minimum Gasteiger partial charge on any atom is -0.347 e. The van der Waals surface area contributed by atoms with Gasteiger partial charge in [-0.15, -0.1) is 0 Å². The van der Waals surface area contributed by atoms with E-state index in [0.29, 0.717) is 13.1 Å². The summed E-state index contributed by atoms with van der Waals surface area (Å²) >= 11 is 1.17. The number of rotatable bonds is 4. The van der Waals surface area contributed by atoms with Gasteiger partial charge in [0.1, 0.15) is 6.04 Å². The largest absolute Gasteiger partial charge is 0.347 e. The zero-order chi connectivity index (χ0) is 14.7. The van der Waals surface area contributed by atoms with Gasteiger partial charge < -0.3 is 10.2 Å². The number of piperazine rings is 1. The van der Waals surface area contributed by atoms with Crippen LogP contribution in [0.25, 0.3) is 0 Å². The molecule has 110 valence electrons. The summed E-state index contributed by atoms with van der Waals surface area (Å²) in [5, 5.41) is 14.1. The molecular formula is C12H18N4O3S. The lowest BCUT2D eigenvalue weighted by Crippen LogP contribution is -2.57. The highest BCUT2D eigenvalue weighted by Gasteiger charge is 2.30. The zero-order valence-electron chi connectivity index (χ0n) is 11.5. The number of nitrogens with zero attached hydrogens (tertiary/aromatic N) is 3. The van der Waals surface area contributed by atoms with E-state index in [1.807, 2.05) is 0 Å². The van der Waals surface area contributed by atoms with Crippen LogP contribution in [0.3, 0.4) is 0 Å². The van der Waals surface area contributed by atoms with Crippen molar-refractivity contribution in [2.75, 3.05) is 33.7 Å². The van der Waals surface area contributed by atoms with Crippen molar-refractivity contribution in [3.05, 3.63) is 27.1 Å². The summed E-state index contributed by atoms with van der Waals surface area (Å²) in [5.74, 6) is 0.0586. The quantitative estimate of drug-likeness (QED) is 0.647. The molecule has 0 spiro atoms. The Morgan fingerprint density at radius 2 is 2.35 bits per heavy atom. The molecule has 0 aromatic carbocycles. The van der Waals surface area contributed by atoms with Gasteiger partial charge >= 0.3 is 5.00 Å². The number of carbonyl (C=O) groups excluding carboxylic acids is 1. The Labute approximate surface area is 121 Å². The van der Waals surface area contributed by atoms with Crippen LogP contribution in [0.4, 0.5) is 5.00 Å². The Kier molecular flexibility index (Phi) is 4.69. The Morgan fingerprint density at radius 1 is 1.60 bits per heavy atom. The zero-order valence-corrected chi connectivity index (χ0v) is 12.4. The van der Waals surface area contributed by atoms with E-state index in [1.165, 1.54) is 17.4 Å². The fourth-order valence-electron chi connectivity index (χ4n) is 2.23. The smallest absolute Gasteiger partial charge is 0.324 e. The van der Waals surface area contributed by atoms with E-state index >= 15 is 0 Å². The van der Waals surface area contributed by atoms with Crippen molar-refractivity contribution in [3.63, 3.8) is 0 Å². The molecule has 7 nitrogen and oxygen atoms in total. The van der Waals surface area contributed by atoms with Gasteiger partial charge in [0.25, 0.3) is 0 Å². The van der Waals surface area contributed by atoms with Gasteiger partial charge in [-0.1, -0.05) is 11.3 Å². The van der Waals surface area contributed by atoms with Crippen LogP contribution in [-0.2, 0) is 11.3 Å². The predicted octanol–water partition coefficient (Wildman–Crippen LogP) is 0.518. The Hall–Kier alpha value is -1.51. The van der Waals surface area contributed by atoms with Gasteiger partial charge in [-0.2, -0.15) is 0 Å². The number of nitrogens with one attached hydrogen (secondary N) is 1. The molecule has 1 atom stereocenters. The molecule has 1 saturated heterocycles. The van der Waals surface area contributed by atoms with E-state index < -0.39 is 0 Å². The first-order valence-corrected chi connectivity index (χ1v) is 7.19. The summed E-state index contributed by atoms with van der Waals surface area (Å²) < 4.78 is 0. The van der Waals surface area contributed by atoms with Gasteiger partial charge in [-0.25, -0.2) is 0 Å². The average molecular weight is 298 g/mol. The van der Waals surface area contributed by atoms with Crippen molar-refractivity contribution in [2.24, 2.45) is 0 Å². The topological polar surface area (TPSA) is 78.7 Å². The number of hydrogen-bond acceptors (Lipinski definition) is 6. The fraction of sp³-hybridized carbons (Fsp3) is 0.583. The van der Waals surface area contributed by atoms with Gasteiger partial charge in [-0.05, 0) is 6.07 Å². The molecule has 2 rings (SSSR count). The van der Waals surface area contributed by atoms with Crippen LogP contribution in [0.5, 0.6) is 0 Å². The summed E-state index contributed by atoms with van der Waals surface area (Å²) in [5.41, 5.74) is 0. The highest BCUT2D eigenvalue weighted by molar-refractivity contribution is 7.15. The van der Waals surface area contributed by atoms with Crippen molar-refractivity contribution in [3.8, 4) is 0 Å². The van der Waals surface area contributed by atoms with Crippen LogP contribution >= 0.6 is 11.3 Å². The van der Waals surface area contributed by atoms with Crippen LogP contribution in [-0.4, -0.2) is 60.4 Å². The van der Waals surface area contributed by atoms with E-state index in [9.17, 15) is 14.9 Å². The Morgan fingerprint density at radius 3 is 2.95 bits per heavy atom. The lowest BCUT2D eigenvalue weighted by atomic mass is 10.1. The normalized spacial score (nSPS) is 19.8. The molecule has 0 aliphatic carbocycles. The van der Waals surface area contributed by atoms with Crippen molar-refractivity contribution in [2.45, 2.75) is 12.6 Å². The molecule has 0 saturated carbocycles. The lowest BCUT2D eigenvalue weighted by molar-refractivity contribution is -0.380. The predicted molar refractivity (Wildman–Crippen MR) is 76.7 cm³/mol. The maximum absolute atomic E-state index is 12.2. The molecule has 1 aliphatic heterocycles. The molecular weight excluding hydrogens is 280 g/mol. The third-order valence-corrected chi connectivity index (χ3v) is 4.29. The average Bonchev–Trinajstić information content (AvgIpc) is 2.87. The SMILES string of the molecule is CN(C)C(=O)C1CNCCN1Cc1ccc([N+](=O)[O-])s1. The minimum atomic E-state index is -0.381. The molecule has 1 amide bonds. The van der Waals surface area contributed by atoms with E-state index in [1.54, 1.807) is 25.1 Å². The number of thiophene rings is 1. The first kappa shape index (κ1) is 14.9. The van der Waals surface area contributed by atoms with E-state index in [0.717, 1.165) is 18.0 Å². The lowest BCUT2D eigenvalue weighted by Gasteiger charge is -2.36. The second-order valence-electron chi connectivity index (χ2n) is 4.92. The number of likely N-dealkylation sites (N-methyl/N-ethyl adjacent to an activating group) is 1. The summed E-state index contributed by atoms with van der Waals surface area (Å²) in [6, 6.07) is 3.08. The van der Waals surface area contributed by atoms with E-state index in [4.69, 9.17) is 0 Å². The van der Waals surface area contributed by atoms with Gasteiger partial charge in [0.2, 0.25) is 5.91 Å². The summed E-state index contributed by atoms with van der Waals surface area (Å²) in [7, 11) is 3.48. The summed E-state index contributed by atoms with van der Waals surface area (Å²) in [6.07, 6.45) is 0. The molecule has 20 heavy (non-hydrogen) atoms. The van der Waals surface area contributed by atoms with Crippen molar-refractivity contribution in [1.82, 2.24) is 15.1 Å². The first-order valence-electron chi connectivity index (χ1n) is 6.38. The molecule has 0 bridgehead atoms. The highest BCUT2D eigenvalue weighted by atomic mass is 32.1. The number of amides is 1. The van der Waals surface area contributed by atoms with Crippen LogP contribution < -0.4 is 5.32 Å². The number of hydrogen-bond donors (Lipinski definition) is 1. The highest BCUT2D eigenvalue weighted by Crippen LogP contribution is 2.25. The van der Waals surface area contributed by atoms with Crippen molar-refractivity contribution >= 4 is 22.2 Å². The molecule has 1 aromatic rings. The molecule has 1 N–H and O–H groups in total. The molecule has 0 radical (unpaired) electrons. The standard InChI is InChI=1S/C12H18N4O3S/c1-14(2)12(17)10-7-13-5-6-15(10)8-9-3-4-11(20-9)16(18)19/h3-4,10,13H,5-8H2,1-2H3. The molecule has 2 heterocycles. The third kappa shape index (κ3) is 3.33. The maximum atomic E-state index is 12.2. The van der Waals surface area contributed by atoms with Crippen molar-refractivity contribution in [1.29, 1.82) is 0 Å². The minimum absolute atomic E-state index is 0.0586. The summed E-state index contributed by atoms with van der Waals surface area (Å²) in [6.45, 7) is 2.77. The van der Waals surface area contributed by atoms with Crippen LogP contribution in [0.2, 0.25) is 0 Å². The van der Waals surface area contributed by atoms with Gasteiger partial charge in [0.15, 0.2) is 0 Å². The second-order valence-corrected chi connectivity index (χ2v) is 6.07. The number of nitro groups is 1. The first-order chi connectivity index (χ1) is 9.49. The summed E-state index contributed by atoms with van der Waals surface area (Å²) in [4.78, 5) is 27.0. The van der Waals surface area contributed by atoms with Gasteiger partial charge in [-0.3, -0.25) is 19.8 Å². The molecule has 1 aromatic heterocycles. The Balaban J connectivity index is 2.08. The van der Waals surface area contributed by atoms with E-state index in [-0.39, 0.29) is 21.9 Å². The van der Waals surface area contributed by atoms with Crippen molar-refractivity contribution < 1.29 is 9.72 Å². The maximum Gasteiger partial charge on any atom is 0.324 e. The number of carbonyl (C=O) groups is 1. The van der Waals surface area contributed by atoms with Crippen LogP contribution in [0, 0.1) is 10.1 Å². The molecule has 8 heteroatoms. The second kappa shape index (κ2) is 6.29.